The topological polar surface area (TPSA) is 72.9 Å². The molecule has 1 N–H and O–H groups in total. The molecule has 2 aromatic rings. The summed E-state index contributed by atoms with van der Waals surface area (Å²) in [5, 5.41) is 2.76. The Kier molecular flexibility index (Phi) is 5.45. The van der Waals surface area contributed by atoms with Crippen LogP contribution >= 0.6 is 0 Å². The Morgan fingerprint density at radius 2 is 1.86 bits per heavy atom. The lowest BCUT2D eigenvalue weighted by Gasteiger charge is -2.38. The minimum atomic E-state index is -0.380. The molecule has 0 atom stereocenters. The zero-order valence-corrected chi connectivity index (χ0v) is 16.0. The first-order valence-corrected chi connectivity index (χ1v) is 9.60. The molecule has 0 bridgehead atoms. The van der Waals surface area contributed by atoms with Crippen molar-refractivity contribution in [1.82, 2.24) is 4.98 Å². The molecule has 0 aliphatic carbocycles. The number of nitrogens with zero attached hydrogens (tertiary/aromatic N) is 2. The summed E-state index contributed by atoms with van der Waals surface area (Å²) in [6.45, 7) is 5.04. The van der Waals surface area contributed by atoms with Crippen molar-refractivity contribution >= 4 is 17.4 Å². The molecule has 7 heteroatoms. The summed E-state index contributed by atoms with van der Waals surface area (Å²) in [6, 6.07) is 11.4. The van der Waals surface area contributed by atoms with Gasteiger partial charge >= 0.3 is 0 Å². The highest BCUT2D eigenvalue weighted by Gasteiger charge is 2.39. The van der Waals surface area contributed by atoms with Crippen molar-refractivity contribution in [3.05, 3.63) is 48.2 Å². The van der Waals surface area contributed by atoms with Crippen LogP contribution in [0.3, 0.4) is 0 Å². The van der Waals surface area contributed by atoms with Crippen molar-refractivity contribution in [3.63, 3.8) is 0 Å². The lowest BCUT2D eigenvalue weighted by atomic mass is 10.0. The standard InChI is InChI=1S/C21H25N3O4/c1-16-2-5-18(6-3-16)26-15-20(25)23-19-7-4-17(14-22-19)24-10-8-21(9-11-24)27-12-13-28-21/h2-7,14H,8-13,15H2,1H3,(H,22,23,25). The maximum Gasteiger partial charge on any atom is 0.263 e. The number of anilines is 2. The molecule has 4 rings (SSSR count). The minimum absolute atomic E-state index is 0.0549. The summed E-state index contributed by atoms with van der Waals surface area (Å²) in [5.41, 5.74) is 2.18. The highest BCUT2D eigenvalue weighted by molar-refractivity contribution is 5.91. The normalized spacial score (nSPS) is 18.2. The SMILES string of the molecule is Cc1ccc(OCC(=O)Nc2ccc(N3CCC4(CC3)OCCO4)cn2)cc1. The predicted molar refractivity (Wildman–Crippen MR) is 106 cm³/mol. The van der Waals surface area contributed by atoms with E-state index in [0.717, 1.165) is 37.2 Å². The average Bonchev–Trinajstić information content (AvgIpc) is 3.17. The van der Waals surface area contributed by atoms with Crippen molar-refractivity contribution in [2.75, 3.05) is 43.1 Å². The Bertz CT molecular complexity index is 791. The maximum absolute atomic E-state index is 12.1. The van der Waals surface area contributed by atoms with Crippen molar-refractivity contribution in [3.8, 4) is 5.75 Å². The molecule has 7 nitrogen and oxygen atoms in total. The van der Waals surface area contributed by atoms with Crippen molar-refractivity contribution in [2.45, 2.75) is 25.6 Å². The lowest BCUT2D eigenvalue weighted by molar-refractivity contribution is -0.169. The van der Waals surface area contributed by atoms with Crippen LogP contribution in [0.4, 0.5) is 11.5 Å². The Morgan fingerprint density at radius 3 is 2.50 bits per heavy atom. The predicted octanol–water partition coefficient (Wildman–Crippen LogP) is 2.75. The van der Waals surface area contributed by atoms with Gasteiger partial charge in [-0.3, -0.25) is 4.79 Å². The van der Waals surface area contributed by atoms with E-state index in [0.29, 0.717) is 24.8 Å². The summed E-state index contributed by atoms with van der Waals surface area (Å²) < 4.78 is 17.0. The number of aromatic nitrogens is 1. The molecule has 0 unspecified atom stereocenters. The maximum atomic E-state index is 12.1. The summed E-state index contributed by atoms with van der Waals surface area (Å²) in [6.07, 6.45) is 3.48. The number of carbonyl (C=O) groups excluding carboxylic acids is 1. The number of piperidine rings is 1. The van der Waals surface area contributed by atoms with Gasteiger partial charge in [0.2, 0.25) is 0 Å². The largest absolute Gasteiger partial charge is 0.484 e. The van der Waals surface area contributed by atoms with Crippen molar-refractivity contribution < 1.29 is 19.0 Å². The summed E-state index contributed by atoms with van der Waals surface area (Å²) >= 11 is 0. The molecule has 1 aromatic carbocycles. The van der Waals surface area contributed by atoms with Crippen LogP contribution < -0.4 is 15.0 Å². The number of pyridine rings is 1. The molecule has 2 aliphatic heterocycles. The van der Waals surface area contributed by atoms with Gasteiger partial charge in [0.1, 0.15) is 11.6 Å². The molecule has 3 heterocycles. The van der Waals surface area contributed by atoms with Gasteiger partial charge in [-0.05, 0) is 31.2 Å². The molecule has 148 valence electrons. The number of hydrogen-bond acceptors (Lipinski definition) is 6. The molecular formula is C21H25N3O4. The third kappa shape index (κ3) is 4.43. The van der Waals surface area contributed by atoms with Crippen LogP contribution in [0.15, 0.2) is 42.6 Å². The fourth-order valence-corrected chi connectivity index (χ4v) is 3.50. The number of amides is 1. The van der Waals surface area contributed by atoms with E-state index in [4.69, 9.17) is 14.2 Å². The second-order valence-electron chi connectivity index (χ2n) is 7.15. The van der Waals surface area contributed by atoms with Gasteiger partial charge in [-0.1, -0.05) is 17.7 Å². The minimum Gasteiger partial charge on any atom is -0.484 e. The summed E-state index contributed by atoms with van der Waals surface area (Å²) in [5.74, 6) is 0.561. The molecule has 0 radical (unpaired) electrons. The number of ether oxygens (including phenoxy) is 3. The van der Waals surface area contributed by atoms with Crippen LogP contribution in [-0.2, 0) is 14.3 Å². The highest BCUT2D eigenvalue weighted by Crippen LogP contribution is 2.33. The number of aryl methyl sites for hydroxylation is 1. The Morgan fingerprint density at radius 1 is 1.14 bits per heavy atom. The first-order chi connectivity index (χ1) is 13.6. The molecular weight excluding hydrogens is 358 g/mol. The third-order valence-electron chi connectivity index (χ3n) is 5.11. The smallest absolute Gasteiger partial charge is 0.263 e. The van der Waals surface area contributed by atoms with E-state index < -0.39 is 0 Å². The fourth-order valence-electron chi connectivity index (χ4n) is 3.50. The zero-order chi connectivity index (χ0) is 19.4. The van der Waals surface area contributed by atoms with Gasteiger partial charge in [-0.25, -0.2) is 4.98 Å². The van der Waals surface area contributed by atoms with Crippen LogP contribution in [0.2, 0.25) is 0 Å². The van der Waals surface area contributed by atoms with Crippen LogP contribution in [0.1, 0.15) is 18.4 Å². The highest BCUT2D eigenvalue weighted by atomic mass is 16.7. The number of carbonyl (C=O) groups is 1. The van der Waals surface area contributed by atoms with E-state index >= 15 is 0 Å². The van der Waals surface area contributed by atoms with Gasteiger partial charge in [0.25, 0.3) is 5.91 Å². The second kappa shape index (κ2) is 8.16. The van der Waals surface area contributed by atoms with Gasteiger partial charge in [-0.15, -0.1) is 0 Å². The van der Waals surface area contributed by atoms with E-state index in [2.05, 4.69) is 15.2 Å². The van der Waals surface area contributed by atoms with Gasteiger partial charge in [0, 0.05) is 25.9 Å². The monoisotopic (exact) mass is 383 g/mol. The second-order valence-corrected chi connectivity index (χ2v) is 7.15. The van der Waals surface area contributed by atoms with E-state index in [9.17, 15) is 4.79 Å². The van der Waals surface area contributed by atoms with Gasteiger partial charge < -0.3 is 24.4 Å². The molecule has 1 aromatic heterocycles. The molecule has 1 spiro atoms. The summed E-state index contributed by atoms with van der Waals surface area (Å²) in [4.78, 5) is 18.7. The van der Waals surface area contributed by atoms with E-state index in [1.165, 1.54) is 0 Å². The van der Waals surface area contributed by atoms with Gasteiger partial charge in [-0.2, -0.15) is 0 Å². The molecule has 1 amide bonds. The van der Waals surface area contributed by atoms with E-state index in [-0.39, 0.29) is 18.3 Å². The fraction of sp³-hybridized carbons (Fsp3) is 0.429. The Hall–Kier alpha value is -2.64. The number of rotatable bonds is 5. The third-order valence-corrected chi connectivity index (χ3v) is 5.11. The van der Waals surface area contributed by atoms with E-state index in [1.807, 2.05) is 43.3 Å². The average molecular weight is 383 g/mol. The van der Waals surface area contributed by atoms with Crippen LogP contribution in [0, 0.1) is 6.92 Å². The van der Waals surface area contributed by atoms with Gasteiger partial charge in [0.05, 0.1) is 25.1 Å². The van der Waals surface area contributed by atoms with Crippen molar-refractivity contribution in [1.29, 1.82) is 0 Å². The van der Waals surface area contributed by atoms with E-state index in [1.54, 1.807) is 6.20 Å². The molecule has 2 aliphatic rings. The number of benzene rings is 1. The van der Waals surface area contributed by atoms with Crippen molar-refractivity contribution in [2.24, 2.45) is 0 Å². The summed E-state index contributed by atoms with van der Waals surface area (Å²) in [7, 11) is 0. The number of nitrogens with one attached hydrogen (secondary N) is 1. The molecule has 0 saturated carbocycles. The Balaban J connectivity index is 1.26. The number of hydrogen-bond donors (Lipinski definition) is 1. The van der Waals surface area contributed by atoms with Gasteiger partial charge in [0.15, 0.2) is 12.4 Å². The molecule has 2 fully saturated rings. The van der Waals surface area contributed by atoms with Crippen LogP contribution in [-0.4, -0.2) is 49.6 Å². The van der Waals surface area contributed by atoms with Crippen LogP contribution in [0.5, 0.6) is 5.75 Å². The first kappa shape index (κ1) is 18.7. The first-order valence-electron chi connectivity index (χ1n) is 9.60. The lowest BCUT2D eigenvalue weighted by Crippen LogP contribution is -2.45. The molecule has 2 saturated heterocycles. The quantitative estimate of drug-likeness (QED) is 0.856. The Labute approximate surface area is 164 Å². The van der Waals surface area contributed by atoms with Crippen LogP contribution in [0.25, 0.3) is 0 Å². The molecule has 28 heavy (non-hydrogen) atoms. The zero-order valence-electron chi connectivity index (χ0n) is 16.0.